The Labute approximate surface area is 241 Å². The fourth-order valence-electron chi connectivity index (χ4n) is 4.54. The molecule has 6 N–H and O–H groups in total. The Hall–Kier alpha value is -2.06. The van der Waals surface area contributed by atoms with E-state index in [1.165, 1.54) is 29.5 Å². The van der Waals surface area contributed by atoms with E-state index in [2.05, 4.69) is 32.2 Å². The molecule has 18 nitrogen and oxygen atoms in total. The minimum absolute atomic E-state index is 0.0162. The lowest BCUT2D eigenvalue weighted by molar-refractivity contribution is -0.215. The largest absolute Gasteiger partial charge is 0.780 e. The molecular weight excluding hydrogens is 626 g/mol. The highest BCUT2D eigenvalue weighted by Gasteiger charge is 2.41. The fourth-order valence-corrected chi connectivity index (χ4v) is 6.89. The zero-order chi connectivity index (χ0) is 29.5. The van der Waals surface area contributed by atoms with Crippen LogP contribution in [0.1, 0.15) is 25.3 Å². The van der Waals surface area contributed by atoms with Gasteiger partial charge in [0, 0.05) is 19.0 Å². The van der Waals surface area contributed by atoms with E-state index in [1.54, 1.807) is 0 Å². The van der Waals surface area contributed by atoms with Crippen LogP contribution in [0.2, 0.25) is 0 Å². The summed E-state index contributed by atoms with van der Waals surface area (Å²) in [6, 6.07) is 1.39. The maximum atomic E-state index is 13.1. The van der Waals surface area contributed by atoms with Gasteiger partial charge in [0.15, 0.2) is 18.3 Å². The maximum Gasteiger partial charge on any atom is 0.351 e. The smallest absolute Gasteiger partial charge is 0.351 e. The zero-order valence-electron chi connectivity index (χ0n) is 20.8. The molecule has 5 rings (SSSR count). The van der Waals surface area contributed by atoms with Crippen LogP contribution in [0.3, 0.4) is 0 Å². The van der Waals surface area contributed by atoms with Crippen LogP contribution in [0.25, 0.3) is 11.2 Å². The molecule has 2 aliphatic rings. The van der Waals surface area contributed by atoms with Gasteiger partial charge in [-0.05, 0) is 6.07 Å². The van der Waals surface area contributed by atoms with Crippen LogP contribution in [0.5, 0.6) is 0 Å². The van der Waals surface area contributed by atoms with Gasteiger partial charge in [0.1, 0.15) is 49.0 Å². The molecule has 4 unspecified atom stereocenters. The van der Waals surface area contributed by atoms with Crippen molar-refractivity contribution in [2.75, 3.05) is 24.7 Å². The van der Waals surface area contributed by atoms with E-state index in [9.17, 15) is 24.3 Å². The van der Waals surface area contributed by atoms with E-state index in [0.29, 0.717) is 11.2 Å². The van der Waals surface area contributed by atoms with Gasteiger partial charge >= 0.3 is 5.69 Å². The molecule has 5 heterocycles. The minimum atomic E-state index is -4.39. The highest BCUT2D eigenvalue weighted by molar-refractivity contribution is 8.31. The molecule has 0 radical (unpaired) electrons. The second-order valence-electron chi connectivity index (χ2n) is 9.04. The topological polar surface area (TPSA) is 257 Å². The number of nitrogens with zero attached hydrogens (tertiary/aromatic N) is 6. The highest BCUT2D eigenvalue weighted by Crippen LogP contribution is 2.48. The predicted octanol–water partition coefficient (Wildman–Crippen LogP) is -1.17. The Balaban J connectivity index is 1.27. The molecule has 2 saturated heterocycles. The first-order chi connectivity index (χ1) is 19.3. The van der Waals surface area contributed by atoms with Crippen molar-refractivity contribution in [3.63, 3.8) is 0 Å². The molecule has 0 spiro atoms. The van der Waals surface area contributed by atoms with Gasteiger partial charge < -0.3 is 61.7 Å². The Morgan fingerprint density at radius 1 is 1.15 bits per heavy atom. The van der Waals surface area contributed by atoms with Crippen LogP contribution in [-0.2, 0) is 51.7 Å². The van der Waals surface area contributed by atoms with E-state index in [-0.39, 0.29) is 24.5 Å². The standard InChI is InChI=1S/C19H26N8O10P2S2/c20-13-1-2-26(19(29)25-13)14-3-9(11(5-28)34-14)37-39(32,41)33-6-12-10(36-38(30,31)40)4-15(35-12)27-8-24-16-17(21)22-7-23-18(16)27/h1-2,7-12,14-15,28H,3-6H2,(H,32,41)(H2,20,25,29)(H2,21,22,23)(H2,30,31,40)/p-2/t9?,10?,11-,12-,14-,15-,39?/m1/s1. The lowest BCUT2D eigenvalue weighted by Gasteiger charge is -2.33. The quantitative estimate of drug-likeness (QED) is 0.149. The zero-order valence-corrected chi connectivity index (χ0v) is 24.2. The molecule has 22 heteroatoms. The van der Waals surface area contributed by atoms with Gasteiger partial charge in [-0.25, -0.2) is 19.7 Å². The van der Waals surface area contributed by atoms with Crippen molar-refractivity contribution in [2.24, 2.45) is 0 Å². The number of aliphatic hydroxyl groups excluding tert-OH is 1. The van der Waals surface area contributed by atoms with Crippen LogP contribution in [0.4, 0.5) is 11.6 Å². The molecule has 0 amide bonds. The SMILES string of the molecule is Nc1ccn([C@H]2CC(OP([O-])(=S)OC[C@H]3O[C@@H](n4cnc5c(N)ncnc54)CC3OP(=O)(O)[S-])[C@@H](CO)O2)c(=O)n1. The third kappa shape index (κ3) is 6.96. The molecule has 3 aromatic rings. The average molecular weight is 651 g/mol. The van der Waals surface area contributed by atoms with Crippen molar-refractivity contribution in [1.29, 1.82) is 0 Å². The van der Waals surface area contributed by atoms with E-state index in [4.69, 9.17) is 46.3 Å². The number of anilines is 2. The molecule has 224 valence electrons. The van der Waals surface area contributed by atoms with Crippen LogP contribution >= 0.6 is 13.5 Å². The van der Waals surface area contributed by atoms with Crippen molar-refractivity contribution < 1.29 is 42.5 Å². The molecule has 2 fully saturated rings. The van der Waals surface area contributed by atoms with Crippen molar-refractivity contribution in [2.45, 2.75) is 49.7 Å². The van der Waals surface area contributed by atoms with Gasteiger partial charge in [0.2, 0.25) is 0 Å². The number of rotatable bonds is 10. The van der Waals surface area contributed by atoms with Crippen molar-refractivity contribution in [1.82, 2.24) is 29.1 Å². The molecule has 0 aliphatic carbocycles. The van der Waals surface area contributed by atoms with Crippen LogP contribution < -0.4 is 22.1 Å². The van der Waals surface area contributed by atoms with Crippen molar-refractivity contribution in [3.05, 3.63) is 35.4 Å². The molecule has 0 bridgehead atoms. The third-order valence-corrected chi connectivity index (χ3v) is 8.69. The lowest BCUT2D eigenvalue weighted by atomic mass is 10.2. The second kappa shape index (κ2) is 11.9. The number of fused-ring (bicyclic) bond motifs is 1. The Morgan fingerprint density at radius 2 is 1.83 bits per heavy atom. The Morgan fingerprint density at radius 3 is 2.51 bits per heavy atom. The first-order valence-electron chi connectivity index (χ1n) is 11.9. The lowest BCUT2D eigenvalue weighted by Crippen LogP contribution is -2.31. The van der Waals surface area contributed by atoms with E-state index >= 15 is 0 Å². The van der Waals surface area contributed by atoms with Gasteiger partial charge in [0.25, 0.3) is 0 Å². The summed E-state index contributed by atoms with van der Waals surface area (Å²) in [7, 11) is 0. The summed E-state index contributed by atoms with van der Waals surface area (Å²) in [4.78, 5) is 50.8. The van der Waals surface area contributed by atoms with Gasteiger partial charge in [-0.15, -0.1) is 0 Å². The van der Waals surface area contributed by atoms with E-state index in [0.717, 1.165) is 4.57 Å². The van der Waals surface area contributed by atoms with E-state index in [1.807, 2.05) is 0 Å². The summed E-state index contributed by atoms with van der Waals surface area (Å²) >= 11 is 9.58. The third-order valence-electron chi connectivity index (χ3n) is 6.33. The minimum Gasteiger partial charge on any atom is -0.780 e. The maximum absolute atomic E-state index is 13.1. The normalized spacial score (nSPS) is 29.5. The summed E-state index contributed by atoms with van der Waals surface area (Å²) in [5.74, 6) is 0.163. The highest BCUT2D eigenvalue weighted by atomic mass is 32.7. The van der Waals surface area contributed by atoms with Gasteiger partial charge in [-0.1, -0.05) is 11.8 Å². The number of aromatic nitrogens is 6. The Kier molecular flexibility index (Phi) is 8.83. The number of ether oxygens (including phenoxy) is 2. The molecule has 3 aromatic heterocycles. The number of aliphatic hydroxyl groups is 1. The molecule has 0 aromatic carbocycles. The monoisotopic (exact) mass is 650 g/mol. The fraction of sp³-hybridized carbons (Fsp3) is 0.526. The summed E-state index contributed by atoms with van der Waals surface area (Å²) in [6.07, 6.45) is -1.85. The molecule has 41 heavy (non-hydrogen) atoms. The molecule has 0 saturated carbocycles. The van der Waals surface area contributed by atoms with Gasteiger partial charge in [-0.2, -0.15) is 4.98 Å². The van der Waals surface area contributed by atoms with Gasteiger partial charge in [-0.3, -0.25) is 13.7 Å². The first kappa shape index (κ1) is 30.4. The average Bonchev–Trinajstić information content (AvgIpc) is 3.59. The van der Waals surface area contributed by atoms with Gasteiger partial charge in [0.05, 0.1) is 31.7 Å². The molecule has 8 atom stereocenters. The number of nitrogens with two attached hydrogens (primary N) is 2. The second-order valence-corrected chi connectivity index (χ2v) is 14.3. The van der Waals surface area contributed by atoms with Crippen molar-refractivity contribution in [3.8, 4) is 0 Å². The molecular formula is C19H24N8O10P2S2-2. The number of nitrogen functional groups attached to an aromatic ring is 2. The molecule has 2 aliphatic heterocycles. The predicted molar refractivity (Wildman–Crippen MR) is 144 cm³/mol. The summed E-state index contributed by atoms with van der Waals surface area (Å²) in [5, 5.41) is 9.76. The first-order valence-corrected chi connectivity index (χ1v) is 17.0. The van der Waals surface area contributed by atoms with Crippen molar-refractivity contribution >= 4 is 60.4 Å². The van der Waals surface area contributed by atoms with Crippen LogP contribution in [-0.4, -0.2) is 76.7 Å². The number of imidazole rings is 1. The summed E-state index contributed by atoms with van der Waals surface area (Å²) in [5.41, 5.74) is 11.3. The number of hydrogen-bond acceptors (Lipinski definition) is 17. The summed E-state index contributed by atoms with van der Waals surface area (Å²) in [6.45, 7) is -9.67. The van der Waals surface area contributed by atoms with Crippen LogP contribution in [0, 0.1) is 0 Å². The Bertz CT molecular complexity index is 1570. The summed E-state index contributed by atoms with van der Waals surface area (Å²) < 4.78 is 42.3. The van der Waals surface area contributed by atoms with E-state index < -0.39 is 69.3 Å². The van der Waals surface area contributed by atoms with Crippen LogP contribution in [0.15, 0.2) is 29.7 Å². The number of hydrogen-bond donors (Lipinski definition) is 4.